The quantitative estimate of drug-likeness (QED) is 0.681. The van der Waals surface area contributed by atoms with Crippen LogP contribution in [-0.4, -0.2) is 27.7 Å². The highest BCUT2D eigenvalue weighted by atomic mass is 16.7. The number of aromatic nitrogens is 3. The minimum atomic E-state index is -0.263. The van der Waals surface area contributed by atoms with Crippen LogP contribution in [0.1, 0.15) is 27.3 Å². The van der Waals surface area contributed by atoms with Crippen LogP contribution < -0.4 is 20.1 Å². The van der Waals surface area contributed by atoms with E-state index in [0.29, 0.717) is 30.4 Å². The predicted molar refractivity (Wildman–Crippen MR) is 102 cm³/mol. The van der Waals surface area contributed by atoms with Gasteiger partial charge in [-0.25, -0.2) is 9.97 Å². The average molecular weight is 377 g/mol. The molecule has 2 aromatic heterocycles. The van der Waals surface area contributed by atoms with E-state index < -0.39 is 0 Å². The lowest BCUT2D eigenvalue weighted by atomic mass is 10.2. The maximum atomic E-state index is 12.4. The molecule has 0 bridgehead atoms. The highest BCUT2D eigenvalue weighted by Crippen LogP contribution is 2.32. The van der Waals surface area contributed by atoms with Crippen LogP contribution in [-0.2, 0) is 13.1 Å². The number of pyridine rings is 1. The van der Waals surface area contributed by atoms with Crippen molar-refractivity contribution in [3.63, 3.8) is 0 Å². The molecule has 8 heteroatoms. The molecule has 0 unspecified atom stereocenters. The highest BCUT2D eigenvalue weighted by molar-refractivity contribution is 5.92. The number of anilines is 1. The molecule has 2 N–H and O–H groups in total. The van der Waals surface area contributed by atoms with Gasteiger partial charge in [0.05, 0.1) is 0 Å². The minimum Gasteiger partial charge on any atom is -0.454 e. The van der Waals surface area contributed by atoms with Gasteiger partial charge in [-0.15, -0.1) is 0 Å². The van der Waals surface area contributed by atoms with Crippen molar-refractivity contribution in [1.29, 1.82) is 0 Å². The molecule has 3 aromatic rings. The Bertz CT molecular complexity index is 994. The Hall–Kier alpha value is -3.68. The zero-order valence-electron chi connectivity index (χ0n) is 15.3. The van der Waals surface area contributed by atoms with E-state index >= 15 is 0 Å². The van der Waals surface area contributed by atoms with Gasteiger partial charge in [-0.3, -0.25) is 9.78 Å². The van der Waals surface area contributed by atoms with Crippen LogP contribution in [0, 0.1) is 6.92 Å². The van der Waals surface area contributed by atoms with Crippen LogP contribution >= 0.6 is 0 Å². The lowest BCUT2D eigenvalue weighted by molar-refractivity contribution is 0.0945. The van der Waals surface area contributed by atoms with E-state index in [2.05, 4.69) is 25.6 Å². The molecule has 3 heterocycles. The lowest BCUT2D eigenvalue weighted by Crippen LogP contribution is -2.24. The Morgan fingerprint density at radius 1 is 1.07 bits per heavy atom. The van der Waals surface area contributed by atoms with Gasteiger partial charge in [-0.2, -0.15) is 0 Å². The van der Waals surface area contributed by atoms with Crippen LogP contribution in [0.5, 0.6) is 11.5 Å². The van der Waals surface area contributed by atoms with Crippen molar-refractivity contribution in [2.75, 3.05) is 12.1 Å². The molecular formula is C20H19N5O3. The van der Waals surface area contributed by atoms with E-state index in [9.17, 15) is 4.79 Å². The first-order valence-corrected chi connectivity index (χ1v) is 8.82. The third-order valence-corrected chi connectivity index (χ3v) is 4.15. The Kier molecular flexibility index (Phi) is 5.01. The second-order valence-electron chi connectivity index (χ2n) is 6.30. The number of amides is 1. The molecule has 0 saturated heterocycles. The van der Waals surface area contributed by atoms with Gasteiger partial charge in [-0.05, 0) is 42.3 Å². The Labute approximate surface area is 162 Å². The van der Waals surface area contributed by atoms with Gasteiger partial charge in [0.25, 0.3) is 5.91 Å². The number of hydrogen-bond donors (Lipinski definition) is 2. The number of carbonyl (C=O) groups excluding carboxylic acids is 1. The zero-order chi connectivity index (χ0) is 19.3. The summed E-state index contributed by atoms with van der Waals surface area (Å²) in [4.78, 5) is 25.2. The maximum Gasteiger partial charge on any atom is 0.270 e. The third-order valence-electron chi connectivity index (χ3n) is 4.15. The summed E-state index contributed by atoms with van der Waals surface area (Å²) in [7, 11) is 0. The van der Waals surface area contributed by atoms with Gasteiger partial charge in [0.15, 0.2) is 11.5 Å². The number of aryl methyl sites for hydroxylation is 1. The number of hydrogen-bond acceptors (Lipinski definition) is 7. The van der Waals surface area contributed by atoms with E-state index in [1.807, 2.05) is 37.3 Å². The number of benzene rings is 1. The molecule has 8 nitrogen and oxygen atoms in total. The molecule has 1 aromatic carbocycles. The second-order valence-corrected chi connectivity index (χ2v) is 6.30. The molecule has 0 aliphatic carbocycles. The number of nitrogens with zero attached hydrogens (tertiary/aromatic N) is 3. The Balaban J connectivity index is 1.41. The first-order valence-electron chi connectivity index (χ1n) is 8.82. The predicted octanol–water partition coefficient (Wildman–Crippen LogP) is 2.45. The van der Waals surface area contributed by atoms with Crippen molar-refractivity contribution in [1.82, 2.24) is 20.3 Å². The van der Waals surface area contributed by atoms with Gasteiger partial charge >= 0.3 is 0 Å². The van der Waals surface area contributed by atoms with Crippen molar-refractivity contribution < 1.29 is 14.3 Å². The van der Waals surface area contributed by atoms with E-state index in [1.54, 1.807) is 18.5 Å². The smallest absolute Gasteiger partial charge is 0.270 e. The van der Waals surface area contributed by atoms with Gasteiger partial charge in [0.1, 0.15) is 5.69 Å². The molecule has 0 atom stereocenters. The summed E-state index contributed by atoms with van der Waals surface area (Å²) >= 11 is 0. The van der Waals surface area contributed by atoms with Crippen LogP contribution in [0.2, 0.25) is 0 Å². The molecule has 28 heavy (non-hydrogen) atoms. The Morgan fingerprint density at radius 2 is 1.96 bits per heavy atom. The summed E-state index contributed by atoms with van der Waals surface area (Å²) < 4.78 is 10.7. The molecule has 0 saturated carbocycles. The van der Waals surface area contributed by atoms with Crippen LogP contribution in [0.25, 0.3) is 0 Å². The van der Waals surface area contributed by atoms with Crippen LogP contribution in [0.4, 0.5) is 5.95 Å². The molecule has 142 valence electrons. The summed E-state index contributed by atoms with van der Waals surface area (Å²) in [5, 5.41) is 6.00. The molecule has 1 amide bonds. The average Bonchev–Trinajstić information content (AvgIpc) is 3.19. The molecule has 0 spiro atoms. The van der Waals surface area contributed by atoms with E-state index in [-0.39, 0.29) is 12.7 Å². The Morgan fingerprint density at radius 3 is 2.82 bits per heavy atom. The number of ether oxygens (including phenoxy) is 2. The lowest BCUT2D eigenvalue weighted by Gasteiger charge is -2.09. The van der Waals surface area contributed by atoms with Crippen LogP contribution in [0.3, 0.4) is 0 Å². The number of nitrogens with one attached hydrogen (secondary N) is 2. The maximum absolute atomic E-state index is 12.4. The summed E-state index contributed by atoms with van der Waals surface area (Å²) in [5.41, 5.74) is 2.93. The number of fused-ring (bicyclic) bond motifs is 1. The first-order chi connectivity index (χ1) is 13.7. The fourth-order valence-corrected chi connectivity index (χ4v) is 2.77. The third kappa shape index (κ3) is 4.17. The summed E-state index contributed by atoms with van der Waals surface area (Å²) in [6.07, 6.45) is 3.40. The van der Waals surface area contributed by atoms with Gasteiger partial charge < -0.3 is 20.1 Å². The minimum absolute atomic E-state index is 0.241. The van der Waals surface area contributed by atoms with E-state index in [4.69, 9.17) is 9.47 Å². The van der Waals surface area contributed by atoms with Gasteiger partial charge in [-0.1, -0.05) is 12.1 Å². The SMILES string of the molecule is Cc1cc(C(=O)NCc2cccnc2)nc(NCc2ccc3c(c2)OCO3)n1. The normalized spacial score (nSPS) is 11.9. The number of rotatable bonds is 6. The largest absolute Gasteiger partial charge is 0.454 e. The molecular weight excluding hydrogens is 358 g/mol. The summed E-state index contributed by atoms with van der Waals surface area (Å²) in [5.74, 6) is 1.59. The highest BCUT2D eigenvalue weighted by Gasteiger charge is 2.14. The molecule has 1 aliphatic heterocycles. The van der Waals surface area contributed by atoms with E-state index in [0.717, 1.165) is 22.6 Å². The van der Waals surface area contributed by atoms with Crippen LogP contribution in [0.15, 0.2) is 48.8 Å². The molecule has 4 rings (SSSR count). The molecule has 0 fully saturated rings. The van der Waals surface area contributed by atoms with Crippen molar-refractivity contribution in [2.45, 2.75) is 20.0 Å². The monoisotopic (exact) mass is 377 g/mol. The summed E-state index contributed by atoms with van der Waals surface area (Å²) in [6.45, 7) is 2.95. The van der Waals surface area contributed by atoms with Crippen molar-refractivity contribution in [2.24, 2.45) is 0 Å². The fraction of sp³-hybridized carbons (Fsp3) is 0.200. The molecule has 0 radical (unpaired) electrons. The van der Waals surface area contributed by atoms with Crippen molar-refractivity contribution >= 4 is 11.9 Å². The molecule has 1 aliphatic rings. The topological polar surface area (TPSA) is 98.3 Å². The standard InChI is InChI=1S/C20H19N5O3/c1-13-7-16(19(26)22-11-15-3-2-6-21-9-15)25-20(24-13)23-10-14-4-5-17-18(8-14)28-12-27-17/h2-9H,10-12H2,1H3,(H,22,26)(H,23,24,25). The summed E-state index contributed by atoms with van der Waals surface area (Å²) in [6, 6.07) is 11.1. The zero-order valence-corrected chi connectivity index (χ0v) is 15.3. The second kappa shape index (κ2) is 7.91. The first kappa shape index (κ1) is 17.7. The van der Waals surface area contributed by atoms with Gasteiger partial charge in [0.2, 0.25) is 12.7 Å². The van der Waals surface area contributed by atoms with E-state index in [1.165, 1.54) is 0 Å². The van der Waals surface area contributed by atoms with Crippen molar-refractivity contribution in [3.05, 3.63) is 71.3 Å². The number of carbonyl (C=O) groups is 1. The van der Waals surface area contributed by atoms with Crippen molar-refractivity contribution in [3.8, 4) is 11.5 Å². The van der Waals surface area contributed by atoms with Gasteiger partial charge in [0, 0.05) is 31.2 Å². The fourth-order valence-electron chi connectivity index (χ4n) is 2.77.